The third kappa shape index (κ3) is 3.20. The summed E-state index contributed by atoms with van der Waals surface area (Å²) in [6.45, 7) is -17.5. The summed E-state index contributed by atoms with van der Waals surface area (Å²) < 4.78 is 196. The highest BCUT2D eigenvalue weighted by Gasteiger charge is 2.38. The summed E-state index contributed by atoms with van der Waals surface area (Å²) in [6.07, 6.45) is -18.1. The van der Waals surface area contributed by atoms with Crippen molar-refractivity contribution in [3.05, 3.63) is 23.2 Å². The zero-order valence-corrected chi connectivity index (χ0v) is 12.2. The Morgan fingerprint density at radius 1 is 1.52 bits per heavy atom. The maximum absolute atomic E-state index is 11.6. The number of aliphatic hydroxyl groups is 1. The molecule has 0 radical (unpaired) electrons. The lowest BCUT2D eigenvalue weighted by atomic mass is 9.79. The van der Waals surface area contributed by atoms with Gasteiger partial charge in [-0.1, -0.05) is 13.7 Å². The lowest BCUT2D eigenvalue weighted by Gasteiger charge is -2.46. The minimum atomic E-state index is -4.92. The molecule has 4 heteroatoms. The summed E-state index contributed by atoms with van der Waals surface area (Å²) in [7, 11) is 1.85. The van der Waals surface area contributed by atoms with Crippen LogP contribution in [-0.4, -0.2) is 43.3 Å². The van der Waals surface area contributed by atoms with E-state index >= 15 is 0 Å². The summed E-state index contributed by atoms with van der Waals surface area (Å²) in [4.78, 5) is -0.758. The molecule has 3 rings (SSSR count). The molecule has 0 bridgehead atoms. The van der Waals surface area contributed by atoms with Crippen molar-refractivity contribution in [3.8, 4) is 11.5 Å². The molecule has 1 saturated heterocycles. The Morgan fingerprint density at radius 2 is 2.26 bits per heavy atom. The van der Waals surface area contributed by atoms with Crippen molar-refractivity contribution in [3.63, 3.8) is 0 Å². The van der Waals surface area contributed by atoms with Crippen molar-refractivity contribution >= 4 is 0 Å². The highest BCUT2D eigenvalue weighted by Crippen LogP contribution is 2.43. The molecule has 0 aliphatic carbocycles. The molecule has 2 heterocycles. The predicted octanol–water partition coefficient (Wildman–Crippen LogP) is 3.03. The molecule has 0 amide bonds. The number of benzene rings is 1. The van der Waals surface area contributed by atoms with Gasteiger partial charge in [-0.25, -0.2) is 0 Å². The number of rotatable bonds is 4. The lowest BCUT2D eigenvalue weighted by molar-refractivity contribution is -0.0191. The van der Waals surface area contributed by atoms with Gasteiger partial charge in [0.1, 0.15) is 0 Å². The van der Waals surface area contributed by atoms with E-state index in [1.165, 1.54) is 0 Å². The molecule has 0 aromatic heterocycles. The normalized spacial score (nSPS) is 62.0. The van der Waals surface area contributed by atoms with Crippen LogP contribution in [0.1, 0.15) is 73.8 Å². The Balaban J connectivity index is 2.74. The number of fused-ring (bicyclic) bond motifs is 3. The van der Waals surface area contributed by atoms with Gasteiger partial charge in [-0.2, -0.15) is 0 Å². The quantitative estimate of drug-likeness (QED) is 0.914. The average molecular weight is 342 g/mol. The van der Waals surface area contributed by atoms with Crippen LogP contribution in [0.25, 0.3) is 0 Å². The number of hydrogen-bond donors (Lipinski definition) is 1. The van der Waals surface area contributed by atoms with E-state index in [9.17, 15) is 6.48 Å². The molecule has 0 saturated carbocycles. The lowest BCUT2D eigenvalue weighted by Crippen LogP contribution is -2.48. The Bertz CT molecular complexity index is 1390. The molecule has 1 N–H and O–H groups in total. The van der Waals surface area contributed by atoms with Gasteiger partial charge in [0.15, 0.2) is 11.5 Å². The Morgan fingerprint density at radius 3 is 2.96 bits per heavy atom. The van der Waals surface area contributed by atoms with Crippen LogP contribution in [0.4, 0.5) is 0 Å². The minimum absolute atomic E-state index is 0.709. The second kappa shape index (κ2) is 6.70. The summed E-state index contributed by atoms with van der Waals surface area (Å²) >= 11 is 0. The van der Waals surface area contributed by atoms with E-state index in [4.69, 9.17) is 38.3 Å². The van der Waals surface area contributed by atoms with E-state index in [0.29, 0.717) is 0 Å². The summed E-state index contributed by atoms with van der Waals surface area (Å²) in [5.41, 5.74) is -2.70. The van der Waals surface area contributed by atoms with Crippen LogP contribution in [0, 0.1) is 11.8 Å². The van der Waals surface area contributed by atoms with Gasteiger partial charge < -0.3 is 14.6 Å². The number of hydrogen-bond acceptors (Lipinski definition) is 4. The molecule has 1 fully saturated rings. The molecule has 1 aromatic rings. The fourth-order valence-corrected chi connectivity index (χ4v) is 2.06. The van der Waals surface area contributed by atoms with Crippen LogP contribution < -0.4 is 9.47 Å². The van der Waals surface area contributed by atoms with E-state index in [-0.39, 0.29) is 0 Å². The van der Waals surface area contributed by atoms with Gasteiger partial charge in [0.25, 0.3) is 0 Å². The molecule has 4 nitrogen and oxygen atoms in total. The van der Waals surface area contributed by atoms with Gasteiger partial charge in [-0.3, -0.25) is 4.90 Å². The Kier molecular flexibility index (Phi) is 1.30. The van der Waals surface area contributed by atoms with E-state index in [0.717, 1.165) is 14.2 Å². The molecule has 2 aliphatic rings. The molecule has 1 aromatic carbocycles. The van der Waals surface area contributed by atoms with Crippen molar-refractivity contribution < 1.29 is 44.7 Å². The molecule has 3 atom stereocenters. The zero-order valence-electron chi connectivity index (χ0n) is 34.2. The number of methoxy groups -OCH3 is 2. The molecular formula is C19H29NO3. The standard InChI is InChI=1S/C19H29NO3/c1-12(2)7-14-11-20-6-5-13-8-18(22-3)19(23-4)9-15(13)16(20)10-17(14)21/h8-9,12,14,16-17,21H,5-7,10-11H2,1-4H3/i1D3,2D3,5D2,6D2,7D2,8D,9D,10D2,11D2,12D,14D,16D,17D. The second-order valence-electron chi connectivity index (χ2n) is 4.45. The van der Waals surface area contributed by atoms with E-state index in [2.05, 4.69) is 0 Å². The molecule has 128 valence electrons. The molecular weight excluding hydrogens is 290 g/mol. The fraction of sp³-hybridized carbons (Fsp3) is 0.684. The maximum Gasteiger partial charge on any atom is 0.161 e. The van der Waals surface area contributed by atoms with Crippen LogP contribution in [0.3, 0.4) is 0 Å². The van der Waals surface area contributed by atoms with Gasteiger partial charge in [0, 0.05) is 43.7 Å². The maximum atomic E-state index is 11.6. The highest BCUT2D eigenvalue weighted by atomic mass is 16.5. The zero-order chi connectivity index (χ0) is 36.0. The number of ether oxygens (including phenoxy) is 2. The first-order valence-corrected chi connectivity index (χ1v) is 6.37. The summed E-state index contributed by atoms with van der Waals surface area (Å²) in [6, 6.07) is -6.45. The van der Waals surface area contributed by atoms with E-state index < -0.39 is 109 Å². The van der Waals surface area contributed by atoms with E-state index in [1.54, 1.807) is 0 Å². The minimum Gasteiger partial charge on any atom is -0.493 e. The predicted molar refractivity (Wildman–Crippen MR) is 91.1 cm³/mol. The third-order valence-corrected chi connectivity index (χ3v) is 3.04. The van der Waals surface area contributed by atoms with E-state index in [1.807, 2.05) is 0 Å². The third-order valence-electron chi connectivity index (χ3n) is 3.04. The van der Waals surface area contributed by atoms with Crippen molar-refractivity contribution in [2.75, 3.05) is 27.2 Å². The van der Waals surface area contributed by atoms with Gasteiger partial charge >= 0.3 is 0 Å². The van der Waals surface area contributed by atoms with Crippen LogP contribution in [-0.2, 0) is 6.37 Å². The smallest absolute Gasteiger partial charge is 0.161 e. The first-order valence-electron chi connectivity index (χ1n) is 17.4. The van der Waals surface area contributed by atoms with Crippen molar-refractivity contribution in [2.45, 2.75) is 44.9 Å². The first kappa shape index (κ1) is 4.47. The van der Waals surface area contributed by atoms with Gasteiger partial charge in [0.2, 0.25) is 0 Å². The Hall–Kier alpha value is -1.26. The topological polar surface area (TPSA) is 41.9 Å². The second-order valence-corrected chi connectivity index (χ2v) is 4.45. The molecule has 2 aliphatic heterocycles. The first-order chi connectivity index (χ1) is 19.6. The van der Waals surface area contributed by atoms with Crippen molar-refractivity contribution in [1.82, 2.24) is 4.90 Å². The van der Waals surface area contributed by atoms with Gasteiger partial charge in [0.05, 0.1) is 25.8 Å². The number of piperidine rings is 1. The van der Waals surface area contributed by atoms with Gasteiger partial charge in [-0.15, -0.1) is 0 Å². The highest BCUT2D eigenvalue weighted by molar-refractivity contribution is 5.49. The molecule has 0 spiro atoms. The van der Waals surface area contributed by atoms with Crippen molar-refractivity contribution in [2.24, 2.45) is 11.8 Å². The Labute approximate surface area is 170 Å². The van der Waals surface area contributed by atoms with Gasteiger partial charge in [-0.05, 0) is 54.1 Å². The molecule has 3 unspecified atom stereocenters. The van der Waals surface area contributed by atoms with Crippen molar-refractivity contribution in [1.29, 1.82) is 0 Å². The monoisotopic (exact) mass is 341 g/mol. The fourth-order valence-electron chi connectivity index (χ4n) is 2.06. The van der Waals surface area contributed by atoms with Crippen LogP contribution in [0.2, 0.25) is 0 Å². The SMILES string of the molecule is [2H]c1c(OC)c(OC)c([2H])c2c1C([2H])([2H])C([2H])([2H])N1C([2H])([2H])C([2H])(C([2H])([2H])C([2H])(C([2H])([2H])[2H])C([2H])([2H])[2H])C([2H])(O)C([2H])([2H])C21[2H]. The summed E-state index contributed by atoms with van der Waals surface area (Å²) in [5.74, 6) is -11.1. The summed E-state index contributed by atoms with van der Waals surface area (Å²) in [5, 5.41) is 11.6. The van der Waals surface area contributed by atoms with Crippen LogP contribution in [0.15, 0.2) is 12.1 Å². The largest absolute Gasteiger partial charge is 0.493 e. The average Bonchev–Trinajstić information content (AvgIpc) is 2.84. The molecule has 23 heavy (non-hydrogen) atoms. The number of nitrogens with zero attached hydrogens (tertiary/aromatic N) is 1. The van der Waals surface area contributed by atoms with Crippen LogP contribution in [0.5, 0.6) is 11.5 Å². The van der Waals surface area contributed by atoms with Crippen LogP contribution >= 0.6 is 0 Å².